The molecule has 2 nitrogen and oxygen atoms in total. The molecule has 0 bridgehead atoms. The summed E-state index contributed by atoms with van der Waals surface area (Å²) in [4.78, 5) is 4.70. The standard InChI is InChI=1S/C14H13NOS/c1-15-11-4-2-3-5-13(11)17-14-7-6-10(9-16)8-12(14)15/h2-8,16H,9H2,1H3. The van der Waals surface area contributed by atoms with Crippen LogP contribution < -0.4 is 4.90 Å². The summed E-state index contributed by atoms with van der Waals surface area (Å²) in [5, 5.41) is 9.20. The van der Waals surface area contributed by atoms with Crippen molar-refractivity contribution in [3.8, 4) is 0 Å². The highest BCUT2D eigenvalue weighted by Crippen LogP contribution is 2.47. The van der Waals surface area contributed by atoms with Gasteiger partial charge in [-0.15, -0.1) is 0 Å². The molecule has 0 atom stereocenters. The normalized spacial score (nSPS) is 13.2. The fourth-order valence-corrected chi connectivity index (χ4v) is 3.21. The minimum atomic E-state index is 0.0907. The van der Waals surface area contributed by atoms with Gasteiger partial charge in [-0.25, -0.2) is 0 Å². The van der Waals surface area contributed by atoms with E-state index in [9.17, 15) is 5.11 Å². The Hall–Kier alpha value is -1.45. The van der Waals surface area contributed by atoms with Crippen LogP contribution in [0, 0.1) is 0 Å². The highest BCUT2D eigenvalue weighted by molar-refractivity contribution is 7.99. The first kappa shape index (κ1) is 10.7. The van der Waals surface area contributed by atoms with Gasteiger partial charge in [0.25, 0.3) is 0 Å². The molecule has 3 heteroatoms. The lowest BCUT2D eigenvalue weighted by Gasteiger charge is -2.29. The molecule has 0 aliphatic carbocycles. The summed E-state index contributed by atoms with van der Waals surface area (Å²) in [6, 6.07) is 14.5. The van der Waals surface area contributed by atoms with Crippen LogP contribution in [0.4, 0.5) is 11.4 Å². The minimum absolute atomic E-state index is 0.0907. The van der Waals surface area contributed by atoms with E-state index in [4.69, 9.17) is 0 Å². The summed E-state index contributed by atoms with van der Waals surface area (Å²) in [7, 11) is 2.07. The molecule has 0 amide bonds. The number of benzene rings is 2. The van der Waals surface area contributed by atoms with Crippen LogP contribution in [0.2, 0.25) is 0 Å². The molecule has 0 spiro atoms. The number of anilines is 2. The molecule has 1 aliphatic heterocycles. The predicted molar refractivity (Wildman–Crippen MR) is 71.0 cm³/mol. The van der Waals surface area contributed by atoms with Gasteiger partial charge in [-0.1, -0.05) is 30.0 Å². The largest absolute Gasteiger partial charge is 0.392 e. The molecule has 2 aromatic rings. The van der Waals surface area contributed by atoms with E-state index in [1.165, 1.54) is 21.2 Å². The van der Waals surface area contributed by atoms with Crippen LogP contribution in [0.15, 0.2) is 52.3 Å². The second kappa shape index (κ2) is 4.09. The molecular weight excluding hydrogens is 230 g/mol. The van der Waals surface area contributed by atoms with Crippen molar-refractivity contribution in [2.45, 2.75) is 16.4 Å². The van der Waals surface area contributed by atoms with Gasteiger partial charge in [-0.05, 0) is 29.8 Å². The van der Waals surface area contributed by atoms with Gasteiger partial charge in [0, 0.05) is 16.8 Å². The van der Waals surface area contributed by atoms with Gasteiger partial charge in [0.1, 0.15) is 0 Å². The maximum absolute atomic E-state index is 9.20. The number of rotatable bonds is 1. The zero-order chi connectivity index (χ0) is 11.8. The summed E-state index contributed by atoms with van der Waals surface area (Å²) in [5.41, 5.74) is 3.34. The molecule has 86 valence electrons. The van der Waals surface area contributed by atoms with E-state index in [2.05, 4.69) is 48.3 Å². The third-order valence-corrected chi connectivity index (χ3v) is 4.14. The average molecular weight is 243 g/mol. The number of nitrogens with zero attached hydrogens (tertiary/aromatic N) is 1. The summed E-state index contributed by atoms with van der Waals surface area (Å²) in [5.74, 6) is 0. The molecule has 0 saturated carbocycles. The molecule has 0 aromatic heterocycles. The number of para-hydroxylation sites is 1. The first-order valence-corrected chi connectivity index (χ1v) is 6.35. The van der Waals surface area contributed by atoms with E-state index in [0.29, 0.717) is 0 Å². The summed E-state index contributed by atoms with van der Waals surface area (Å²) >= 11 is 1.78. The molecule has 0 saturated heterocycles. The monoisotopic (exact) mass is 243 g/mol. The van der Waals surface area contributed by atoms with Crippen LogP contribution in [0.5, 0.6) is 0 Å². The SMILES string of the molecule is CN1c2ccccc2Sc2ccc(CO)cc21. The zero-order valence-electron chi connectivity index (χ0n) is 9.55. The van der Waals surface area contributed by atoms with Crippen LogP contribution >= 0.6 is 11.8 Å². The fraction of sp³-hybridized carbons (Fsp3) is 0.143. The number of aliphatic hydroxyl groups excluding tert-OH is 1. The Morgan fingerprint density at radius 2 is 1.82 bits per heavy atom. The Morgan fingerprint density at radius 3 is 2.65 bits per heavy atom. The van der Waals surface area contributed by atoms with Gasteiger partial charge in [0.15, 0.2) is 0 Å². The molecule has 3 rings (SSSR count). The Labute approximate surface area is 105 Å². The van der Waals surface area contributed by atoms with Gasteiger partial charge in [-0.2, -0.15) is 0 Å². The van der Waals surface area contributed by atoms with E-state index < -0.39 is 0 Å². The van der Waals surface area contributed by atoms with Crippen molar-refractivity contribution < 1.29 is 5.11 Å². The lowest BCUT2D eigenvalue weighted by Crippen LogP contribution is -2.14. The van der Waals surface area contributed by atoms with Crippen molar-refractivity contribution >= 4 is 23.1 Å². The van der Waals surface area contributed by atoms with Crippen LogP contribution in [-0.2, 0) is 6.61 Å². The predicted octanol–water partition coefficient (Wildman–Crippen LogP) is 3.41. The Morgan fingerprint density at radius 1 is 1.06 bits per heavy atom. The maximum Gasteiger partial charge on any atom is 0.0682 e. The van der Waals surface area contributed by atoms with E-state index >= 15 is 0 Å². The minimum Gasteiger partial charge on any atom is -0.392 e. The second-order valence-corrected chi connectivity index (χ2v) is 5.17. The quantitative estimate of drug-likeness (QED) is 0.830. The third-order valence-electron chi connectivity index (χ3n) is 3.01. The molecule has 1 N–H and O–H groups in total. The highest BCUT2D eigenvalue weighted by Gasteiger charge is 2.20. The molecular formula is C14H13NOS. The van der Waals surface area contributed by atoms with Crippen LogP contribution in [-0.4, -0.2) is 12.2 Å². The molecule has 1 heterocycles. The number of hydrogen-bond donors (Lipinski definition) is 1. The Balaban J connectivity index is 2.13. The summed E-state index contributed by atoms with van der Waals surface area (Å²) in [6.07, 6.45) is 0. The van der Waals surface area contributed by atoms with E-state index in [0.717, 1.165) is 5.56 Å². The Bertz CT molecular complexity index is 568. The van der Waals surface area contributed by atoms with Crippen LogP contribution in [0.1, 0.15) is 5.56 Å². The van der Waals surface area contributed by atoms with Crippen molar-refractivity contribution in [1.82, 2.24) is 0 Å². The molecule has 2 aromatic carbocycles. The van der Waals surface area contributed by atoms with Crippen molar-refractivity contribution in [3.63, 3.8) is 0 Å². The van der Waals surface area contributed by atoms with Gasteiger partial charge < -0.3 is 10.0 Å². The van der Waals surface area contributed by atoms with Crippen LogP contribution in [0.25, 0.3) is 0 Å². The van der Waals surface area contributed by atoms with Gasteiger partial charge in [0.05, 0.1) is 18.0 Å². The lowest BCUT2D eigenvalue weighted by atomic mass is 10.2. The van der Waals surface area contributed by atoms with E-state index in [-0.39, 0.29) is 6.61 Å². The summed E-state index contributed by atoms with van der Waals surface area (Å²) < 4.78 is 0. The van der Waals surface area contributed by atoms with E-state index in [1.54, 1.807) is 11.8 Å². The first-order chi connectivity index (χ1) is 8.29. The first-order valence-electron chi connectivity index (χ1n) is 5.54. The molecule has 1 aliphatic rings. The van der Waals surface area contributed by atoms with Crippen molar-refractivity contribution in [3.05, 3.63) is 48.0 Å². The zero-order valence-corrected chi connectivity index (χ0v) is 10.4. The van der Waals surface area contributed by atoms with Crippen molar-refractivity contribution in [1.29, 1.82) is 0 Å². The topological polar surface area (TPSA) is 23.5 Å². The lowest BCUT2D eigenvalue weighted by molar-refractivity contribution is 0.282. The van der Waals surface area contributed by atoms with Crippen LogP contribution in [0.3, 0.4) is 0 Å². The van der Waals surface area contributed by atoms with Crippen molar-refractivity contribution in [2.75, 3.05) is 11.9 Å². The molecule has 0 unspecified atom stereocenters. The fourth-order valence-electron chi connectivity index (χ4n) is 2.08. The van der Waals surface area contributed by atoms with E-state index in [1.807, 2.05) is 6.07 Å². The summed E-state index contributed by atoms with van der Waals surface area (Å²) in [6.45, 7) is 0.0907. The number of fused-ring (bicyclic) bond motifs is 2. The molecule has 0 fully saturated rings. The second-order valence-electron chi connectivity index (χ2n) is 4.09. The number of hydrogen-bond acceptors (Lipinski definition) is 3. The van der Waals surface area contributed by atoms with Crippen molar-refractivity contribution in [2.24, 2.45) is 0 Å². The van der Waals surface area contributed by atoms with Gasteiger partial charge >= 0.3 is 0 Å². The molecule has 17 heavy (non-hydrogen) atoms. The Kier molecular flexibility index (Phi) is 2.57. The third kappa shape index (κ3) is 1.72. The van der Waals surface area contributed by atoms with Gasteiger partial charge in [-0.3, -0.25) is 0 Å². The smallest absolute Gasteiger partial charge is 0.0682 e. The van der Waals surface area contributed by atoms with Gasteiger partial charge in [0.2, 0.25) is 0 Å². The average Bonchev–Trinajstić information content (AvgIpc) is 2.39. The maximum atomic E-state index is 9.20. The molecule has 0 radical (unpaired) electrons. The number of aliphatic hydroxyl groups is 1. The highest BCUT2D eigenvalue weighted by atomic mass is 32.2.